The van der Waals surface area contributed by atoms with Crippen molar-refractivity contribution in [2.24, 2.45) is 0 Å². The molecule has 4 nitrogen and oxygen atoms in total. The van der Waals surface area contributed by atoms with Crippen LogP contribution in [0.4, 0.5) is 10.1 Å². The van der Waals surface area contributed by atoms with Crippen LogP contribution in [0.15, 0.2) is 41.3 Å². The first-order valence-electron chi connectivity index (χ1n) is 5.51. The summed E-state index contributed by atoms with van der Waals surface area (Å²) in [6.07, 6.45) is 0. The molecule has 0 aliphatic rings. The van der Waals surface area contributed by atoms with E-state index in [0.717, 1.165) is 6.07 Å². The Bertz CT molecular complexity index is 848. The minimum atomic E-state index is -4.04. The van der Waals surface area contributed by atoms with E-state index in [-0.39, 0.29) is 26.2 Å². The van der Waals surface area contributed by atoms with Gasteiger partial charge in [0.15, 0.2) is 5.82 Å². The Hall–Kier alpha value is -1.81. The van der Waals surface area contributed by atoms with E-state index in [2.05, 4.69) is 4.72 Å². The maximum absolute atomic E-state index is 13.7. The largest absolute Gasteiger partial charge is 0.277 e. The summed E-state index contributed by atoms with van der Waals surface area (Å²) >= 11 is 11.4. The first kappa shape index (κ1) is 15.6. The SMILES string of the molecule is N#Cc1ccc(S(=O)(=O)Nc2cccc(Cl)c2F)cc1Cl. The van der Waals surface area contributed by atoms with Crippen molar-refractivity contribution < 1.29 is 12.8 Å². The molecule has 0 aromatic heterocycles. The molecule has 1 N–H and O–H groups in total. The van der Waals surface area contributed by atoms with Gasteiger partial charge < -0.3 is 0 Å². The van der Waals surface area contributed by atoms with E-state index in [4.69, 9.17) is 28.5 Å². The fraction of sp³-hybridized carbons (Fsp3) is 0. The van der Waals surface area contributed by atoms with Gasteiger partial charge >= 0.3 is 0 Å². The minimum Gasteiger partial charge on any atom is -0.277 e. The van der Waals surface area contributed by atoms with E-state index in [1.165, 1.54) is 30.3 Å². The highest BCUT2D eigenvalue weighted by molar-refractivity contribution is 7.92. The second-order valence-electron chi connectivity index (χ2n) is 3.96. The topological polar surface area (TPSA) is 70.0 Å². The highest BCUT2D eigenvalue weighted by Crippen LogP contribution is 2.26. The zero-order valence-corrected chi connectivity index (χ0v) is 12.6. The molecule has 0 fully saturated rings. The average molecular weight is 345 g/mol. The van der Waals surface area contributed by atoms with Gasteiger partial charge in [0.25, 0.3) is 10.0 Å². The van der Waals surface area contributed by atoms with Crippen LogP contribution < -0.4 is 4.72 Å². The molecule has 0 unspecified atom stereocenters. The molecule has 0 aliphatic heterocycles. The van der Waals surface area contributed by atoms with Gasteiger partial charge in [-0.3, -0.25) is 4.72 Å². The Balaban J connectivity index is 2.41. The summed E-state index contributed by atoms with van der Waals surface area (Å²) < 4.78 is 40.1. The Labute approximate surface area is 130 Å². The molecule has 21 heavy (non-hydrogen) atoms. The fourth-order valence-electron chi connectivity index (χ4n) is 1.54. The highest BCUT2D eigenvalue weighted by atomic mass is 35.5. The van der Waals surface area contributed by atoms with Crippen LogP contribution in [-0.4, -0.2) is 8.42 Å². The van der Waals surface area contributed by atoms with Gasteiger partial charge in [-0.25, -0.2) is 12.8 Å². The standard InChI is InChI=1S/C13H7Cl2FN2O2S/c14-10-2-1-3-12(13(10)16)18-21(19,20)9-5-4-8(7-17)11(15)6-9/h1-6,18H. The second kappa shape index (κ2) is 5.90. The quantitative estimate of drug-likeness (QED) is 0.920. The predicted molar refractivity (Wildman–Crippen MR) is 78.4 cm³/mol. The van der Waals surface area contributed by atoms with Gasteiger partial charge in [-0.05, 0) is 30.3 Å². The van der Waals surface area contributed by atoms with E-state index in [1.54, 1.807) is 0 Å². The third-order valence-corrected chi connectivity index (χ3v) is 4.54. The van der Waals surface area contributed by atoms with Gasteiger partial charge in [-0.1, -0.05) is 29.3 Å². The molecule has 2 aromatic carbocycles. The van der Waals surface area contributed by atoms with E-state index in [0.29, 0.717) is 0 Å². The smallest absolute Gasteiger partial charge is 0.262 e. The van der Waals surface area contributed by atoms with E-state index >= 15 is 0 Å². The van der Waals surface area contributed by atoms with Crippen LogP contribution in [-0.2, 0) is 10.0 Å². The van der Waals surface area contributed by atoms with Gasteiger partial charge in [0.05, 0.1) is 26.2 Å². The van der Waals surface area contributed by atoms with Crippen molar-refractivity contribution in [3.8, 4) is 6.07 Å². The van der Waals surface area contributed by atoms with Crippen molar-refractivity contribution in [3.63, 3.8) is 0 Å². The minimum absolute atomic E-state index is 0.00746. The van der Waals surface area contributed by atoms with E-state index in [9.17, 15) is 12.8 Å². The lowest BCUT2D eigenvalue weighted by atomic mass is 10.2. The van der Waals surface area contributed by atoms with Gasteiger partial charge in [0.2, 0.25) is 0 Å². The second-order valence-corrected chi connectivity index (χ2v) is 6.46. The van der Waals surface area contributed by atoms with Gasteiger partial charge in [-0.15, -0.1) is 0 Å². The summed E-state index contributed by atoms with van der Waals surface area (Å²) in [5.74, 6) is -0.873. The Kier molecular flexibility index (Phi) is 4.37. The number of benzene rings is 2. The first-order valence-corrected chi connectivity index (χ1v) is 7.75. The zero-order valence-electron chi connectivity index (χ0n) is 10.3. The molecule has 0 saturated heterocycles. The Morgan fingerprint density at radius 1 is 1.14 bits per heavy atom. The molecular weight excluding hydrogens is 338 g/mol. The molecule has 2 aromatic rings. The fourth-order valence-corrected chi connectivity index (χ4v) is 3.09. The van der Waals surface area contributed by atoms with Crippen LogP contribution in [0.1, 0.15) is 5.56 Å². The van der Waals surface area contributed by atoms with Crippen LogP contribution in [0.3, 0.4) is 0 Å². The van der Waals surface area contributed by atoms with Crippen LogP contribution in [0, 0.1) is 17.1 Å². The third kappa shape index (κ3) is 3.27. The van der Waals surface area contributed by atoms with Crippen molar-refractivity contribution in [3.05, 3.63) is 57.8 Å². The van der Waals surface area contributed by atoms with Gasteiger partial charge in [-0.2, -0.15) is 5.26 Å². The normalized spacial score (nSPS) is 11.0. The number of nitrogens with one attached hydrogen (secondary N) is 1. The lowest BCUT2D eigenvalue weighted by molar-refractivity contribution is 0.598. The molecule has 0 bridgehead atoms. The maximum Gasteiger partial charge on any atom is 0.262 e. The van der Waals surface area contributed by atoms with Crippen molar-refractivity contribution in [1.82, 2.24) is 0 Å². The van der Waals surface area contributed by atoms with Crippen LogP contribution >= 0.6 is 23.2 Å². The lowest BCUT2D eigenvalue weighted by Gasteiger charge is -2.10. The molecule has 0 spiro atoms. The zero-order chi connectivity index (χ0) is 15.6. The molecule has 0 saturated carbocycles. The van der Waals surface area contributed by atoms with E-state index < -0.39 is 15.8 Å². The predicted octanol–water partition coefficient (Wildman–Crippen LogP) is 3.80. The summed E-state index contributed by atoms with van der Waals surface area (Å²) in [6, 6.07) is 9.35. The van der Waals surface area contributed by atoms with Crippen molar-refractivity contribution in [2.75, 3.05) is 4.72 Å². The molecule has 8 heteroatoms. The molecule has 0 heterocycles. The Morgan fingerprint density at radius 3 is 2.48 bits per heavy atom. The monoisotopic (exact) mass is 344 g/mol. The number of sulfonamides is 1. The molecule has 2 rings (SSSR count). The third-order valence-electron chi connectivity index (χ3n) is 2.57. The number of halogens is 3. The van der Waals surface area contributed by atoms with Crippen molar-refractivity contribution in [1.29, 1.82) is 5.26 Å². The summed E-state index contributed by atoms with van der Waals surface area (Å²) in [5.41, 5.74) is -0.132. The van der Waals surface area contributed by atoms with Crippen molar-refractivity contribution >= 4 is 38.9 Å². The van der Waals surface area contributed by atoms with Crippen LogP contribution in [0.25, 0.3) is 0 Å². The number of nitrogens with zero attached hydrogens (tertiary/aromatic N) is 1. The average Bonchev–Trinajstić information content (AvgIpc) is 2.43. The first-order chi connectivity index (χ1) is 9.85. The highest BCUT2D eigenvalue weighted by Gasteiger charge is 2.18. The number of hydrogen-bond acceptors (Lipinski definition) is 3. The van der Waals surface area contributed by atoms with Crippen molar-refractivity contribution in [2.45, 2.75) is 4.90 Å². The molecule has 0 aliphatic carbocycles. The van der Waals surface area contributed by atoms with Gasteiger partial charge in [0.1, 0.15) is 6.07 Å². The van der Waals surface area contributed by atoms with Crippen LogP contribution in [0.5, 0.6) is 0 Å². The lowest BCUT2D eigenvalue weighted by Crippen LogP contribution is -2.14. The number of anilines is 1. The van der Waals surface area contributed by atoms with Crippen LogP contribution in [0.2, 0.25) is 10.0 Å². The summed E-state index contributed by atoms with van der Waals surface area (Å²) in [4.78, 5) is -0.189. The Morgan fingerprint density at radius 2 is 1.86 bits per heavy atom. The molecular formula is C13H7Cl2FN2O2S. The number of hydrogen-bond donors (Lipinski definition) is 1. The number of nitriles is 1. The summed E-state index contributed by atoms with van der Waals surface area (Å²) in [5, 5.41) is 8.54. The summed E-state index contributed by atoms with van der Waals surface area (Å²) in [7, 11) is -4.04. The maximum atomic E-state index is 13.7. The van der Waals surface area contributed by atoms with Gasteiger partial charge in [0, 0.05) is 0 Å². The molecule has 108 valence electrons. The molecule has 0 atom stereocenters. The number of rotatable bonds is 3. The summed E-state index contributed by atoms with van der Waals surface area (Å²) in [6.45, 7) is 0. The van der Waals surface area contributed by atoms with E-state index in [1.807, 2.05) is 6.07 Å². The molecule has 0 amide bonds. The molecule has 0 radical (unpaired) electrons.